The quantitative estimate of drug-likeness (QED) is 0.495. The summed E-state index contributed by atoms with van der Waals surface area (Å²) in [5.74, 6) is 0. The van der Waals surface area contributed by atoms with E-state index in [1.807, 2.05) is 5.38 Å². The molecule has 0 saturated heterocycles. The van der Waals surface area contributed by atoms with E-state index in [2.05, 4.69) is 4.98 Å². The lowest BCUT2D eigenvalue weighted by atomic mass is 10.2. The van der Waals surface area contributed by atoms with Crippen molar-refractivity contribution in [1.29, 1.82) is 0 Å². The number of H-pyrrole nitrogens is 1. The highest BCUT2D eigenvalue weighted by atomic mass is 35.5. The third-order valence-corrected chi connectivity index (χ3v) is 6.98. The van der Waals surface area contributed by atoms with Crippen LogP contribution in [0.25, 0.3) is 21.0 Å². The molecule has 4 rings (SSSR count). The molecule has 0 spiro atoms. The number of nitrogens with zero attached hydrogens (tertiary/aromatic N) is 1. The van der Waals surface area contributed by atoms with Gasteiger partial charge in [-0.1, -0.05) is 16.3 Å². The summed E-state index contributed by atoms with van der Waals surface area (Å²) < 4.78 is 27.0. The van der Waals surface area contributed by atoms with Crippen molar-refractivity contribution in [3.05, 3.63) is 67.6 Å². The molecule has 26 heavy (non-hydrogen) atoms. The van der Waals surface area contributed by atoms with Crippen LogP contribution in [0.15, 0.2) is 61.2 Å². The minimum absolute atomic E-state index is 0.0149. The average Bonchev–Trinajstić information content (AvgIpc) is 3.07. The lowest BCUT2D eigenvalue weighted by Gasteiger charge is -2.09. The molecule has 0 saturated carbocycles. The Bertz CT molecular complexity index is 1420. The molecule has 0 aliphatic heterocycles. The lowest BCUT2D eigenvalue weighted by Crippen LogP contribution is -2.33. The lowest BCUT2D eigenvalue weighted by molar-refractivity contribution is 0.162. The average molecular weight is 409 g/mol. The number of thiophene rings is 1. The van der Waals surface area contributed by atoms with Crippen molar-refractivity contribution >= 4 is 53.8 Å². The van der Waals surface area contributed by atoms with Crippen LogP contribution in [-0.4, -0.2) is 23.3 Å². The van der Waals surface area contributed by atoms with E-state index in [-0.39, 0.29) is 30.4 Å². The molecule has 0 aliphatic rings. The molecule has 0 atom stereocenters. The molecule has 4 aromatic rings. The summed E-state index contributed by atoms with van der Waals surface area (Å²) in [7, 11) is -4.05. The Hall–Kier alpha value is -2.62. The van der Waals surface area contributed by atoms with E-state index in [1.165, 1.54) is 35.6 Å². The van der Waals surface area contributed by atoms with Crippen molar-refractivity contribution < 1.29 is 13.6 Å². The highest BCUT2D eigenvalue weighted by Crippen LogP contribution is 2.31. The second-order valence-electron chi connectivity index (χ2n) is 5.47. The monoisotopic (exact) mass is 408 g/mol. The largest absolute Gasteiger partial charge is 0.421 e. The van der Waals surface area contributed by atoms with Gasteiger partial charge in [-0.2, -0.15) is 0 Å². The molecule has 0 amide bonds. The van der Waals surface area contributed by atoms with Gasteiger partial charge in [0.25, 0.3) is 5.56 Å². The van der Waals surface area contributed by atoms with Crippen LogP contribution in [-0.2, 0) is 9.84 Å². The zero-order valence-electron chi connectivity index (χ0n) is 12.8. The highest BCUT2D eigenvalue weighted by Gasteiger charge is 2.24. The van der Waals surface area contributed by atoms with Gasteiger partial charge in [-0.3, -0.25) is 4.79 Å². The third-order valence-electron chi connectivity index (χ3n) is 3.97. The molecular weight excluding hydrogens is 400 g/mol. The molecule has 10 heteroatoms. The Balaban J connectivity index is 2.09. The maximum absolute atomic E-state index is 13.1. The molecule has 0 radical (unpaired) electrons. The molecule has 132 valence electrons. The van der Waals surface area contributed by atoms with Gasteiger partial charge in [0, 0.05) is 4.70 Å². The van der Waals surface area contributed by atoms with E-state index in [0.717, 1.165) is 10.1 Å². The first-order valence-corrected chi connectivity index (χ1v) is 9.94. The van der Waals surface area contributed by atoms with Crippen molar-refractivity contribution in [2.24, 2.45) is 0 Å². The van der Waals surface area contributed by atoms with Gasteiger partial charge in [0.1, 0.15) is 0 Å². The molecule has 2 aromatic heterocycles. The van der Waals surface area contributed by atoms with Crippen molar-refractivity contribution in [2.45, 2.75) is 9.79 Å². The maximum Gasteiger partial charge on any atom is 0.362 e. The predicted molar refractivity (Wildman–Crippen MR) is 98.3 cm³/mol. The molecule has 0 fully saturated rings. The van der Waals surface area contributed by atoms with Crippen LogP contribution >= 0.6 is 22.9 Å². The highest BCUT2D eigenvalue weighted by molar-refractivity contribution is 7.91. The topological polar surface area (TPSA) is 109 Å². The summed E-state index contributed by atoms with van der Waals surface area (Å²) in [6, 6.07) is 8.92. The van der Waals surface area contributed by atoms with Crippen LogP contribution in [0.4, 0.5) is 0 Å². The first-order chi connectivity index (χ1) is 12.3. The van der Waals surface area contributed by atoms with Gasteiger partial charge >= 0.3 is 5.69 Å². The number of benzene rings is 2. The van der Waals surface area contributed by atoms with Crippen LogP contribution in [0.2, 0.25) is 5.02 Å². The fraction of sp³-hybridized carbons (Fsp3) is 0. The van der Waals surface area contributed by atoms with E-state index in [9.17, 15) is 23.2 Å². The summed E-state index contributed by atoms with van der Waals surface area (Å²) in [5.41, 5.74) is -2.50. The van der Waals surface area contributed by atoms with Gasteiger partial charge in [0.2, 0.25) is 9.84 Å². The van der Waals surface area contributed by atoms with E-state index in [0.29, 0.717) is 0 Å². The van der Waals surface area contributed by atoms with Crippen LogP contribution in [0.1, 0.15) is 0 Å². The molecule has 2 heterocycles. The maximum atomic E-state index is 13.1. The smallest absolute Gasteiger partial charge is 0.362 e. The molecule has 0 aliphatic carbocycles. The number of aromatic nitrogens is 2. The van der Waals surface area contributed by atoms with Gasteiger partial charge in [0.15, 0.2) is 0 Å². The standard InChI is InChI=1S/C16H9ClN2O5S2/c17-10-2-4-12(14-13(10)15(20)19(22)16(21)18-14)26(23,24)9-1-3-11-8(7-9)5-6-25-11/h1-7,22H,(H,18,21). The Morgan fingerprint density at radius 2 is 1.88 bits per heavy atom. The minimum atomic E-state index is -4.05. The minimum Gasteiger partial charge on any atom is -0.421 e. The van der Waals surface area contributed by atoms with E-state index in [1.54, 1.807) is 12.1 Å². The van der Waals surface area contributed by atoms with Crippen LogP contribution in [0.3, 0.4) is 0 Å². The van der Waals surface area contributed by atoms with Crippen molar-refractivity contribution in [3.8, 4) is 0 Å². The number of hydrogen-bond acceptors (Lipinski definition) is 6. The number of halogens is 1. The molecule has 0 bridgehead atoms. The number of fused-ring (bicyclic) bond motifs is 2. The van der Waals surface area contributed by atoms with Gasteiger partial charge in [-0.05, 0) is 47.2 Å². The molecule has 2 aromatic carbocycles. The van der Waals surface area contributed by atoms with Gasteiger partial charge in [-0.25, -0.2) is 13.2 Å². The normalized spacial score (nSPS) is 12.0. The molecule has 7 nitrogen and oxygen atoms in total. The Kier molecular flexibility index (Phi) is 3.69. The zero-order chi connectivity index (χ0) is 18.6. The first kappa shape index (κ1) is 16.8. The SMILES string of the molecule is O=c1[nH]c2c(S(=O)(=O)c3ccc4sccc4c3)ccc(Cl)c2c(=O)n1O. The molecular formula is C16H9ClN2O5S2. The van der Waals surface area contributed by atoms with Crippen LogP contribution in [0.5, 0.6) is 0 Å². The summed E-state index contributed by atoms with van der Waals surface area (Å²) in [5, 5.41) is 11.7. The third kappa shape index (κ3) is 2.36. The molecule has 0 unspecified atom stereocenters. The van der Waals surface area contributed by atoms with Crippen LogP contribution in [0, 0.1) is 0 Å². The van der Waals surface area contributed by atoms with E-state index in [4.69, 9.17) is 11.6 Å². The molecule has 2 N–H and O–H groups in total. The van der Waals surface area contributed by atoms with Gasteiger partial charge < -0.3 is 10.2 Å². The number of aromatic amines is 1. The second kappa shape index (κ2) is 5.70. The Labute approximate surface area is 154 Å². The summed E-state index contributed by atoms with van der Waals surface area (Å²) in [6.45, 7) is 0. The first-order valence-electron chi connectivity index (χ1n) is 7.20. The zero-order valence-corrected chi connectivity index (χ0v) is 15.2. The van der Waals surface area contributed by atoms with Crippen LogP contribution < -0.4 is 11.2 Å². The number of nitrogens with one attached hydrogen (secondary N) is 1. The van der Waals surface area contributed by atoms with Crippen molar-refractivity contribution in [1.82, 2.24) is 9.71 Å². The van der Waals surface area contributed by atoms with E-state index < -0.39 is 21.1 Å². The Morgan fingerprint density at radius 3 is 2.65 bits per heavy atom. The number of rotatable bonds is 2. The Morgan fingerprint density at radius 1 is 1.12 bits per heavy atom. The van der Waals surface area contributed by atoms with Crippen molar-refractivity contribution in [3.63, 3.8) is 0 Å². The fourth-order valence-electron chi connectivity index (χ4n) is 2.71. The summed E-state index contributed by atoms with van der Waals surface area (Å²) >= 11 is 7.46. The summed E-state index contributed by atoms with van der Waals surface area (Å²) in [4.78, 5) is 25.8. The summed E-state index contributed by atoms with van der Waals surface area (Å²) in [6.07, 6.45) is 0. The number of sulfone groups is 1. The van der Waals surface area contributed by atoms with Gasteiger partial charge in [0.05, 0.1) is 25.7 Å². The van der Waals surface area contributed by atoms with E-state index >= 15 is 0 Å². The second-order valence-corrected chi connectivity index (χ2v) is 8.74. The fourth-order valence-corrected chi connectivity index (χ4v) is 5.17. The van der Waals surface area contributed by atoms with Crippen molar-refractivity contribution in [2.75, 3.05) is 0 Å². The van der Waals surface area contributed by atoms with Gasteiger partial charge in [-0.15, -0.1) is 11.3 Å². The predicted octanol–water partition coefficient (Wildman–Crippen LogP) is 2.63. The number of hydrogen-bond donors (Lipinski definition) is 2.